The van der Waals surface area contributed by atoms with Crippen LogP contribution in [0.3, 0.4) is 0 Å². The summed E-state index contributed by atoms with van der Waals surface area (Å²) in [7, 11) is 0. The summed E-state index contributed by atoms with van der Waals surface area (Å²) in [6, 6.07) is 9.57. The van der Waals surface area contributed by atoms with Gasteiger partial charge in [-0.05, 0) is 61.3 Å². The fourth-order valence-electron chi connectivity index (χ4n) is 4.77. The zero-order chi connectivity index (χ0) is 21.2. The van der Waals surface area contributed by atoms with Gasteiger partial charge >= 0.3 is 0 Å². The first kappa shape index (κ1) is 22.9. The molecule has 2 aromatic rings. The topological polar surface area (TPSA) is 25.8 Å². The molecule has 0 saturated heterocycles. The number of aryl methyl sites for hydroxylation is 2. The molecule has 0 radical (unpaired) electrons. The Labute approximate surface area is 182 Å². The Kier molecular flexibility index (Phi) is 9.29. The molecule has 0 spiro atoms. The molecule has 1 fully saturated rings. The van der Waals surface area contributed by atoms with Gasteiger partial charge in [0.25, 0.3) is 0 Å². The normalized spacial score (nSPS) is 19.2. The Balaban J connectivity index is 1.48. The SMILES string of the molecule is CCCCCC1CCC(CCc2ccc(-c3ccc(CCCC)nn3)cc2F)CC1. The van der Waals surface area contributed by atoms with Gasteiger partial charge in [0.1, 0.15) is 5.82 Å². The van der Waals surface area contributed by atoms with Crippen molar-refractivity contribution in [1.82, 2.24) is 10.2 Å². The Morgan fingerprint density at radius 3 is 2.17 bits per heavy atom. The molecule has 0 N–H and O–H groups in total. The molecule has 0 aliphatic heterocycles. The minimum absolute atomic E-state index is 0.0994. The predicted molar refractivity (Wildman–Crippen MR) is 124 cm³/mol. The van der Waals surface area contributed by atoms with Gasteiger partial charge in [0.05, 0.1) is 11.4 Å². The Morgan fingerprint density at radius 1 is 0.800 bits per heavy atom. The summed E-state index contributed by atoms with van der Waals surface area (Å²) in [5.74, 6) is 1.61. The molecule has 1 aromatic carbocycles. The third-order valence-electron chi connectivity index (χ3n) is 6.86. The van der Waals surface area contributed by atoms with Crippen LogP contribution in [0, 0.1) is 17.7 Å². The van der Waals surface area contributed by atoms with Gasteiger partial charge in [-0.15, -0.1) is 0 Å². The second-order valence-corrected chi connectivity index (χ2v) is 9.24. The fourth-order valence-corrected chi connectivity index (χ4v) is 4.77. The van der Waals surface area contributed by atoms with Crippen LogP contribution in [-0.4, -0.2) is 10.2 Å². The molecule has 3 rings (SSSR count). The molecule has 3 heteroatoms. The van der Waals surface area contributed by atoms with Gasteiger partial charge in [0, 0.05) is 5.56 Å². The summed E-state index contributed by atoms with van der Waals surface area (Å²) in [6.07, 6.45) is 16.1. The molecule has 1 aromatic heterocycles. The van der Waals surface area contributed by atoms with Crippen molar-refractivity contribution in [3.05, 3.63) is 47.4 Å². The van der Waals surface area contributed by atoms with Crippen LogP contribution in [-0.2, 0) is 12.8 Å². The van der Waals surface area contributed by atoms with Crippen LogP contribution in [0.4, 0.5) is 4.39 Å². The van der Waals surface area contributed by atoms with Gasteiger partial charge in [-0.2, -0.15) is 10.2 Å². The van der Waals surface area contributed by atoms with E-state index in [-0.39, 0.29) is 5.82 Å². The van der Waals surface area contributed by atoms with E-state index in [0.29, 0.717) is 0 Å². The largest absolute Gasteiger partial charge is 0.207 e. The van der Waals surface area contributed by atoms with Crippen LogP contribution in [0.1, 0.15) is 95.7 Å². The lowest BCUT2D eigenvalue weighted by Gasteiger charge is -2.28. The average Bonchev–Trinajstić information content (AvgIpc) is 2.78. The minimum atomic E-state index is -0.0994. The smallest absolute Gasteiger partial charge is 0.127 e. The van der Waals surface area contributed by atoms with E-state index in [4.69, 9.17) is 0 Å². The summed E-state index contributed by atoms with van der Waals surface area (Å²) in [5.41, 5.74) is 3.43. The van der Waals surface area contributed by atoms with E-state index >= 15 is 0 Å². The van der Waals surface area contributed by atoms with Crippen LogP contribution in [0.2, 0.25) is 0 Å². The predicted octanol–water partition coefficient (Wildman–Crippen LogP) is 7.94. The molecular weight excluding hydrogens is 371 g/mol. The van der Waals surface area contributed by atoms with Gasteiger partial charge in [0.2, 0.25) is 0 Å². The molecule has 0 atom stereocenters. The summed E-state index contributed by atoms with van der Waals surface area (Å²) in [4.78, 5) is 0. The molecule has 164 valence electrons. The van der Waals surface area contributed by atoms with E-state index in [9.17, 15) is 4.39 Å². The zero-order valence-corrected chi connectivity index (χ0v) is 19.0. The fraction of sp³-hybridized carbons (Fsp3) is 0.630. The molecule has 0 amide bonds. The van der Waals surface area contributed by atoms with Crippen molar-refractivity contribution in [2.24, 2.45) is 11.8 Å². The Bertz CT molecular complexity index is 748. The minimum Gasteiger partial charge on any atom is -0.207 e. The lowest BCUT2D eigenvalue weighted by atomic mass is 9.77. The van der Waals surface area contributed by atoms with Gasteiger partial charge in [-0.25, -0.2) is 4.39 Å². The second kappa shape index (κ2) is 12.2. The number of unbranched alkanes of at least 4 members (excludes halogenated alkanes) is 3. The highest BCUT2D eigenvalue weighted by Crippen LogP contribution is 2.34. The van der Waals surface area contributed by atoms with E-state index in [0.717, 1.165) is 66.5 Å². The van der Waals surface area contributed by atoms with Crippen LogP contribution in [0.25, 0.3) is 11.3 Å². The molecule has 0 unspecified atom stereocenters. The van der Waals surface area contributed by atoms with Crippen molar-refractivity contribution < 1.29 is 4.39 Å². The zero-order valence-electron chi connectivity index (χ0n) is 19.0. The number of hydrogen-bond acceptors (Lipinski definition) is 2. The molecule has 0 bridgehead atoms. The first-order valence-electron chi connectivity index (χ1n) is 12.3. The summed E-state index contributed by atoms with van der Waals surface area (Å²) in [6.45, 7) is 4.45. The van der Waals surface area contributed by atoms with E-state index in [2.05, 4.69) is 24.0 Å². The molecule has 1 heterocycles. The lowest BCUT2D eigenvalue weighted by Crippen LogP contribution is -2.15. The molecule has 2 nitrogen and oxygen atoms in total. The number of nitrogens with zero attached hydrogens (tertiary/aromatic N) is 2. The molecule has 30 heavy (non-hydrogen) atoms. The van der Waals surface area contributed by atoms with Crippen LogP contribution >= 0.6 is 0 Å². The van der Waals surface area contributed by atoms with Gasteiger partial charge in [-0.3, -0.25) is 0 Å². The molecule has 1 aliphatic rings. The first-order valence-corrected chi connectivity index (χ1v) is 12.3. The molecule has 1 aliphatic carbocycles. The average molecular weight is 411 g/mol. The highest BCUT2D eigenvalue weighted by atomic mass is 19.1. The van der Waals surface area contributed by atoms with Crippen molar-refractivity contribution >= 4 is 0 Å². The number of benzene rings is 1. The second-order valence-electron chi connectivity index (χ2n) is 9.24. The maximum Gasteiger partial charge on any atom is 0.127 e. The van der Waals surface area contributed by atoms with Gasteiger partial charge in [0.15, 0.2) is 0 Å². The number of halogens is 1. The lowest BCUT2D eigenvalue weighted by molar-refractivity contribution is 0.248. The first-order chi connectivity index (χ1) is 14.7. The highest BCUT2D eigenvalue weighted by molar-refractivity contribution is 5.59. The van der Waals surface area contributed by atoms with Crippen LogP contribution in [0.15, 0.2) is 30.3 Å². The van der Waals surface area contributed by atoms with Gasteiger partial charge < -0.3 is 0 Å². The quantitative estimate of drug-likeness (QED) is 0.351. The van der Waals surface area contributed by atoms with Crippen LogP contribution in [0.5, 0.6) is 0 Å². The highest BCUT2D eigenvalue weighted by Gasteiger charge is 2.21. The third kappa shape index (κ3) is 6.89. The maximum absolute atomic E-state index is 14.7. The van der Waals surface area contributed by atoms with E-state index in [1.807, 2.05) is 24.3 Å². The van der Waals surface area contributed by atoms with Crippen molar-refractivity contribution in [1.29, 1.82) is 0 Å². The summed E-state index contributed by atoms with van der Waals surface area (Å²) in [5, 5.41) is 8.61. The van der Waals surface area contributed by atoms with Crippen molar-refractivity contribution in [2.75, 3.05) is 0 Å². The monoisotopic (exact) mass is 410 g/mol. The van der Waals surface area contributed by atoms with E-state index in [1.165, 1.54) is 51.4 Å². The van der Waals surface area contributed by atoms with Crippen molar-refractivity contribution in [2.45, 2.75) is 97.3 Å². The van der Waals surface area contributed by atoms with Gasteiger partial charge in [-0.1, -0.05) is 83.8 Å². The van der Waals surface area contributed by atoms with Crippen molar-refractivity contribution in [3.8, 4) is 11.3 Å². The van der Waals surface area contributed by atoms with Crippen molar-refractivity contribution in [3.63, 3.8) is 0 Å². The molecular formula is C27H39FN2. The number of aromatic nitrogens is 2. The Morgan fingerprint density at radius 2 is 1.53 bits per heavy atom. The summed E-state index contributed by atoms with van der Waals surface area (Å²) < 4.78 is 14.7. The maximum atomic E-state index is 14.7. The van der Waals surface area contributed by atoms with Crippen LogP contribution < -0.4 is 0 Å². The number of hydrogen-bond donors (Lipinski definition) is 0. The van der Waals surface area contributed by atoms with E-state index < -0.39 is 0 Å². The summed E-state index contributed by atoms with van der Waals surface area (Å²) >= 11 is 0. The van der Waals surface area contributed by atoms with E-state index in [1.54, 1.807) is 6.07 Å². The standard InChI is InChI=1S/C27H39FN2/c1-3-5-7-8-21-10-12-22(13-11-21)14-15-23-16-17-24(20-26(23)28)27-19-18-25(29-30-27)9-6-4-2/h16-22H,3-15H2,1-2H3. The third-order valence-corrected chi connectivity index (χ3v) is 6.86. The Hall–Kier alpha value is -1.77. The number of rotatable bonds is 11. The molecule has 1 saturated carbocycles.